The minimum atomic E-state index is 0.726. The Hall–Kier alpha value is -2.25. The van der Waals surface area contributed by atoms with Gasteiger partial charge in [-0.3, -0.25) is 4.68 Å². The molecule has 116 valence electrons. The highest BCUT2D eigenvalue weighted by atomic mass is 35.5. The summed E-state index contributed by atoms with van der Waals surface area (Å²) in [7, 11) is 1.91. The summed E-state index contributed by atoms with van der Waals surface area (Å²) < 4.78 is 3.61. The number of hydrogen-bond donors (Lipinski definition) is 0. The lowest BCUT2D eigenvalue weighted by Crippen LogP contribution is -1.96. The summed E-state index contributed by atoms with van der Waals surface area (Å²) in [5.41, 5.74) is 3.15. The molecule has 0 N–H and O–H groups in total. The number of fused-ring (bicyclic) bond motifs is 1. The number of rotatable bonds is 3. The van der Waals surface area contributed by atoms with Crippen LogP contribution in [0.4, 0.5) is 0 Å². The van der Waals surface area contributed by atoms with Crippen LogP contribution in [0.1, 0.15) is 16.3 Å². The van der Waals surface area contributed by atoms with E-state index >= 15 is 0 Å². The minimum absolute atomic E-state index is 0.726. The third kappa shape index (κ3) is 2.51. The van der Waals surface area contributed by atoms with E-state index in [2.05, 4.69) is 20.4 Å². The first-order chi connectivity index (χ1) is 11.1. The molecule has 0 radical (unpaired) electrons. The molecule has 0 amide bonds. The summed E-state index contributed by atoms with van der Waals surface area (Å²) in [6.45, 7) is 2.00. The number of aryl methyl sites for hydroxylation is 1. The molecule has 0 bridgehead atoms. The fourth-order valence-corrected chi connectivity index (χ4v) is 3.38. The molecule has 0 saturated heterocycles. The molecule has 1 aromatic carbocycles. The van der Waals surface area contributed by atoms with Crippen LogP contribution in [-0.2, 0) is 13.5 Å². The molecule has 0 aliphatic heterocycles. The third-order valence-corrected chi connectivity index (χ3v) is 4.93. The Morgan fingerprint density at radius 1 is 1.17 bits per heavy atom. The van der Waals surface area contributed by atoms with Crippen molar-refractivity contribution in [3.05, 3.63) is 51.7 Å². The normalized spacial score (nSPS) is 11.4. The summed E-state index contributed by atoms with van der Waals surface area (Å²) in [4.78, 5) is 0.784. The van der Waals surface area contributed by atoms with Crippen LogP contribution in [0.3, 0.4) is 0 Å². The molecule has 0 saturated carbocycles. The van der Waals surface area contributed by atoms with Crippen LogP contribution < -0.4 is 0 Å². The second-order valence-electron chi connectivity index (χ2n) is 5.28. The topological polar surface area (TPSA) is 60.9 Å². The molecule has 0 spiro atoms. The minimum Gasteiger partial charge on any atom is -0.272 e. The molecule has 4 aromatic rings. The number of halogens is 1. The van der Waals surface area contributed by atoms with Crippen LogP contribution in [0.2, 0.25) is 5.02 Å². The highest BCUT2D eigenvalue weighted by Gasteiger charge is 2.17. The monoisotopic (exact) mass is 344 g/mol. The Kier molecular flexibility index (Phi) is 3.39. The van der Waals surface area contributed by atoms with Crippen molar-refractivity contribution >= 4 is 27.9 Å². The van der Waals surface area contributed by atoms with Crippen molar-refractivity contribution in [3.8, 4) is 11.4 Å². The van der Waals surface area contributed by atoms with E-state index in [9.17, 15) is 0 Å². The Balaban J connectivity index is 1.72. The largest absolute Gasteiger partial charge is 0.272 e. The van der Waals surface area contributed by atoms with Gasteiger partial charge >= 0.3 is 0 Å². The van der Waals surface area contributed by atoms with E-state index < -0.39 is 0 Å². The summed E-state index contributed by atoms with van der Waals surface area (Å²) in [6, 6.07) is 7.80. The average Bonchev–Trinajstić information content (AvgIpc) is 3.18. The molecule has 3 aromatic heterocycles. The van der Waals surface area contributed by atoms with Gasteiger partial charge in [-0.15, -0.1) is 10.2 Å². The SMILES string of the molecule is Cc1c(-c2nnc3sc(Cc4ccc(Cl)cc4)nn23)cnn1C. The molecule has 3 heterocycles. The molecular weight excluding hydrogens is 332 g/mol. The molecule has 0 atom stereocenters. The van der Waals surface area contributed by atoms with E-state index in [-0.39, 0.29) is 0 Å². The van der Waals surface area contributed by atoms with Crippen molar-refractivity contribution in [1.82, 2.24) is 29.6 Å². The molecule has 23 heavy (non-hydrogen) atoms. The lowest BCUT2D eigenvalue weighted by atomic mass is 10.2. The maximum absolute atomic E-state index is 5.92. The quantitative estimate of drug-likeness (QED) is 0.573. The number of nitrogens with zero attached hydrogens (tertiary/aromatic N) is 6. The third-order valence-electron chi connectivity index (χ3n) is 3.78. The number of benzene rings is 1. The first kappa shape index (κ1) is 14.3. The van der Waals surface area contributed by atoms with E-state index in [1.54, 1.807) is 22.0 Å². The standard InChI is InChI=1S/C15H13ClN6S/c1-9-12(8-17-21(9)2)14-18-19-15-22(14)20-13(23-15)7-10-3-5-11(16)6-4-10/h3-6,8H,7H2,1-2H3. The molecular formula is C15H13ClN6S. The zero-order valence-electron chi connectivity index (χ0n) is 12.6. The number of hydrogen-bond acceptors (Lipinski definition) is 5. The molecule has 0 aliphatic rings. The van der Waals surface area contributed by atoms with Crippen LogP contribution in [0, 0.1) is 6.92 Å². The highest BCUT2D eigenvalue weighted by molar-refractivity contribution is 7.16. The Labute approximate surface area is 141 Å². The lowest BCUT2D eigenvalue weighted by Gasteiger charge is -1.98. The van der Waals surface area contributed by atoms with Gasteiger partial charge in [-0.2, -0.15) is 14.7 Å². The summed E-state index contributed by atoms with van der Waals surface area (Å²) in [5, 5.41) is 19.1. The van der Waals surface area contributed by atoms with E-state index in [0.717, 1.165) is 38.5 Å². The van der Waals surface area contributed by atoms with Gasteiger partial charge in [0.05, 0.1) is 11.8 Å². The van der Waals surface area contributed by atoms with E-state index in [1.165, 1.54) is 5.56 Å². The first-order valence-electron chi connectivity index (χ1n) is 7.06. The van der Waals surface area contributed by atoms with Gasteiger partial charge in [0.2, 0.25) is 4.96 Å². The van der Waals surface area contributed by atoms with Gasteiger partial charge in [0.1, 0.15) is 5.01 Å². The molecule has 8 heteroatoms. The van der Waals surface area contributed by atoms with Gasteiger partial charge in [-0.25, -0.2) is 0 Å². The molecule has 0 aliphatic carbocycles. The fourth-order valence-electron chi connectivity index (χ4n) is 2.39. The van der Waals surface area contributed by atoms with Crippen molar-refractivity contribution in [2.45, 2.75) is 13.3 Å². The van der Waals surface area contributed by atoms with Crippen LogP contribution in [0.15, 0.2) is 30.5 Å². The lowest BCUT2D eigenvalue weighted by molar-refractivity contribution is 0.740. The molecule has 0 unspecified atom stereocenters. The Bertz CT molecular complexity index is 981. The highest BCUT2D eigenvalue weighted by Crippen LogP contribution is 2.25. The van der Waals surface area contributed by atoms with E-state index in [1.807, 2.05) is 42.9 Å². The predicted molar refractivity (Wildman–Crippen MR) is 89.9 cm³/mol. The van der Waals surface area contributed by atoms with Crippen LogP contribution >= 0.6 is 22.9 Å². The molecule has 0 fully saturated rings. The van der Waals surface area contributed by atoms with Gasteiger partial charge in [0.15, 0.2) is 5.82 Å². The fraction of sp³-hybridized carbons (Fsp3) is 0.200. The van der Waals surface area contributed by atoms with E-state index in [4.69, 9.17) is 11.6 Å². The van der Waals surface area contributed by atoms with Gasteiger partial charge in [-0.1, -0.05) is 35.1 Å². The zero-order valence-corrected chi connectivity index (χ0v) is 14.1. The Morgan fingerprint density at radius 3 is 2.65 bits per heavy atom. The summed E-state index contributed by atoms with van der Waals surface area (Å²) in [5.74, 6) is 0.726. The van der Waals surface area contributed by atoms with E-state index in [0.29, 0.717) is 0 Å². The number of aromatic nitrogens is 6. The zero-order chi connectivity index (χ0) is 16.0. The second-order valence-corrected chi connectivity index (χ2v) is 6.76. The van der Waals surface area contributed by atoms with Crippen LogP contribution in [0.25, 0.3) is 16.3 Å². The van der Waals surface area contributed by atoms with Crippen molar-refractivity contribution in [2.75, 3.05) is 0 Å². The van der Waals surface area contributed by atoms with Gasteiger partial charge in [-0.05, 0) is 24.6 Å². The van der Waals surface area contributed by atoms with Gasteiger partial charge < -0.3 is 0 Å². The Morgan fingerprint density at radius 2 is 1.96 bits per heavy atom. The van der Waals surface area contributed by atoms with Crippen molar-refractivity contribution in [2.24, 2.45) is 7.05 Å². The van der Waals surface area contributed by atoms with Gasteiger partial charge in [0, 0.05) is 24.2 Å². The predicted octanol–water partition coefficient (Wildman–Crippen LogP) is 3.14. The maximum atomic E-state index is 5.92. The molecule has 4 rings (SSSR count). The van der Waals surface area contributed by atoms with Crippen LogP contribution in [-0.4, -0.2) is 29.6 Å². The van der Waals surface area contributed by atoms with Crippen molar-refractivity contribution in [3.63, 3.8) is 0 Å². The average molecular weight is 345 g/mol. The van der Waals surface area contributed by atoms with Crippen molar-refractivity contribution < 1.29 is 0 Å². The van der Waals surface area contributed by atoms with Gasteiger partial charge in [0.25, 0.3) is 0 Å². The first-order valence-corrected chi connectivity index (χ1v) is 8.26. The summed E-state index contributed by atoms with van der Waals surface area (Å²) in [6.07, 6.45) is 2.54. The van der Waals surface area contributed by atoms with Crippen molar-refractivity contribution in [1.29, 1.82) is 0 Å². The second kappa shape index (κ2) is 5.43. The van der Waals surface area contributed by atoms with Crippen LogP contribution in [0.5, 0.6) is 0 Å². The maximum Gasteiger partial charge on any atom is 0.234 e. The molecule has 6 nitrogen and oxygen atoms in total. The smallest absolute Gasteiger partial charge is 0.234 e. The summed E-state index contributed by atoms with van der Waals surface area (Å²) >= 11 is 7.47.